The maximum absolute atomic E-state index is 12.6. The zero-order valence-electron chi connectivity index (χ0n) is 9.26. The molecule has 0 N–H and O–H groups in total. The summed E-state index contributed by atoms with van der Waals surface area (Å²) < 4.78 is 12.6. The normalized spacial score (nSPS) is 10.0. The average Bonchev–Trinajstić information content (AvgIpc) is 2.22. The van der Waals surface area contributed by atoms with E-state index in [1.54, 1.807) is 6.07 Å². The molecule has 0 heterocycles. The summed E-state index contributed by atoms with van der Waals surface area (Å²) in [6.07, 6.45) is 0. The van der Waals surface area contributed by atoms with E-state index in [1.165, 1.54) is 11.9 Å². The van der Waals surface area contributed by atoms with Gasteiger partial charge in [0, 0.05) is 18.6 Å². The lowest BCUT2D eigenvalue weighted by Gasteiger charge is -2.16. The summed E-state index contributed by atoms with van der Waals surface area (Å²) in [6, 6.07) is 5.48. The molecule has 0 fully saturated rings. The van der Waals surface area contributed by atoms with E-state index >= 15 is 0 Å². The summed E-state index contributed by atoms with van der Waals surface area (Å²) in [5.74, 6) is -1.67. The molecule has 0 radical (unpaired) electrons. The van der Waals surface area contributed by atoms with Gasteiger partial charge in [-0.2, -0.15) is 0 Å². The molecule has 86 valence electrons. The lowest BCUT2D eigenvalue weighted by Crippen LogP contribution is -2.26. The van der Waals surface area contributed by atoms with E-state index in [-0.39, 0.29) is 0 Å². The molecular formula is C12H13ClFNO. The van der Waals surface area contributed by atoms with Gasteiger partial charge >= 0.3 is 0 Å². The predicted molar refractivity (Wildman–Crippen MR) is 62.9 cm³/mol. The molecule has 2 nitrogen and oxygen atoms in total. The van der Waals surface area contributed by atoms with Crippen LogP contribution < -0.4 is 0 Å². The molecule has 0 aliphatic carbocycles. The van der Waals surface area contributed by atoms with Crippen LogP contribution in [-0.2, 0) is 11.3 Å². The molecule has 0 aliphatic heterocycles. The Morgan fingerprint density at radius 2 is 2.19 bits per heavy atom. The first-order valence-electron chi connectivity index (χ1n) is 4.76. The van der Waals surface area contributed by atoms with Gasteiger partial charge in [-0.15, -0.1) is 0 Å². The van der Waals surface area contributed by atoms with Crippen molar-refractivity contribution in [3.63, 3.8) is 0 Å². The van der Waals surface area contributed by atoms with Gasteiger partial charge in [-0.3, -0.25) is 4.79 Å². The SMILES string of the molecule is C=C(F)C(=O)N(C)Cc1ccc(C)c(Cl)c1. The van der Waals surface area contributed by atoms with Gasteiger partial charge in [0.2, 0.25) is 0 Å². The minimum absolute atomic E-state index is 0.307. The average molecular weight is 242 g/mol. The number of carbonyl (C=O) groups is 1. The number of hydrogen-bond donors (Lipinski definition) is 0. The third kappa shape index (κ3) is 3.07. The van der Waals surface area contributed by atoms with Gasteiger partial charge in [0.25, 0.3) is 5.91 Å². The third-order valence-corrected chi connectivity index (χ3v) is 2.64. The minimum atomic E-state index is -0.958. The fraction of sp³-hybridized carbons (Fsp3) is 0.250. The molecule has 0 saturated carbocycles. The first-order chi connectivity index (χ1) is 7.41. The van der Waals surface area contributed by atoms with E-state index in [9.17, 15) is 9.18 Å². The second-order valence-corrected chi connectivity index (χ2v) is 4.06. The molecule has 0 atom stereocenters. The monoisotopic (exact) mass is 241 g/mol. The number of carbonyl (C=O) groups excluding carboxylic acids is 1. The molecule has 16 heavy (non-hydrogen) atoms. The molecule has 4 heteroatoms. The van der Waals surface area contributed by atoms with Crippen LogP contribution in [0, 0.1) is 6.92 Å². The van der Waals surface area contributed by atoms with Crippen LogP contribution in [-0.4, -0.2) is 17.9 Å². The number of likely N-dealkylation sites (N-methyl/N-ethyl adjacent to an activating group) is 1. The quantitative estimate of drug-likeness (QED) is 0.745. The number of amides is 1. The lowest BCUT2D eigenvalue weighted by molar-refractivity contribution is -0.127. The highest BCUT2D eigenvalue weighted by molar-refractivity contribution is 6.31. The first-order valence-corrected chi connectivity index (χ1v) is 5.14. The largest absolute Gasteiger partial charge is 0.335 e. The van der Waals surface area contributed by atoms with Gasteiger partial charge in [0.05, 0.1) is 0 Å². The van der Waals surface area contributed by atoms with Crippen molar-refractivity contribution in [3.05, 3.63) is 46.8 Å². The Morgan fingerprint density at radius 1 is 1.56 bits per heavy atom. The fourth-order valence-corrected chi connectivity index (χ4v) is 1.49. The van der Waals surface area contributed by atoms with E-state index in [0.717, 1.165) is 11.1 Å². The highest BCUT2D eigenvalue weighted by Gasteiger charge is 2.12. The minimum Gasteiger partial charge on any atom is -0.335 e. The number of rotatable bonds is 3. The zero-order chi connectivity index (χ0) is 12.3. The Kier molecular flexibility index (Phi) is 4.07. The molecule has 0 unspecified atom stereocenters. The number of halogens is 2. The van der Waals surface area contributed by atoms with Crippen LogP contribution in [0.25, 0.3) is 0 Å². The van der Waals surface area contributed by atoms with E-state index in [0.29, 0.717) is 11.6 Å². The van der Waals surface area contributed by atoms with Gasteiger partial charge in [-0.25, -0.2) is 4.39 Å². The smallest absolute Gasteiger partial charge is 0.282 e. The van der Waals surface area contributed by atoms with Gasteiger partial charge in [0.15, 0.2) is 5.83 Å². The van der Waals surface area contributed by atoms with Crippen LogP contribution >= 0.6 is 11.6 Å². The standard InChI is InChI=1S/C12H13ClFNO/c1-8-4-5-10(6-11(8)13)7-15(3)12(16)9(2)14/h4-6H,2,7H2,1,3H3. The van der Waals surface area contributed by atoms with Crippen molar-refractivity contribution >= 4 is 17.5 Å². The van der Waals surface area contributed by atoms with Crippen molar-refractivity contribution in [2.45, 2.75) is 13.5 Å². The van der Waals surface area contributed by atoms with Crippen molar-refractivity contribution in [1.82, 2.24) is 4.90 Å². The predicted octanol–water partition coefficient (Wildman–Crippen LogP) is 3.09. The third-order valence-electron chi connectivity index (χ3n) is 2.23. The van der Waals surface area contributed by atoms with Gasteiger partial charge in [-0.1, -0.05) is 30.3 Å². The summed E-state index contributed by atoms with van der Waals surface area (Å²) in [5, 5.41) is 0.637. The molecule has 0 spiro atoms. The maximum Gasteiger partial charge on any atom is 0.282 e. The zero-order valence-corrected chi connectivity index (χ0v) is 10.0. The fourth-order valence-electron chi connectivity index (χ4n) is 1.29. The molecule has 0 aromatic heterocycles. The number of nitrogens with zero attached hydrogens (tertiary/aromatic N) is 1. The van der Waals surface area contributed by atoms with E-state index in [1.807, 2.05) is 19.1 Å². The summed E-state index contributed by atoms with van der Waals surface area (Å²) in [7, 11) is 1.51. The number of hydrogen-bond acceptors (Lipinski definition) is 1. The summed E-state index contributed by atoms with van der Waals surface area (Å²) >= 11 is 5.94. The Hall–Kier alpha value is -1.35. The Balaban J connectivity index is 2.77. The van der Waals surface area contributed by atoms with Crippen LogP contribution in [0.5, 0.6) is 0 Å². The summed E-state index contributed by atoms with van der Waals surface area (Å²) in [5.41, 5.74) is 1.82. The van der Waals surface area contributed by atoms with Crippen molar-refractivity contribution < 1.29 is 9.18 Å². The second kappa shape index (κ2) is 5.12. The van der Waals surface area contributed by atoms with Crippen LogP contribution in [0.15, 0.2) is 30.6 Å². The van der Waals surface area contributed by atoms with Gasteiger partial charge in [-0.05, 0) is 24.1 Å². The van der Waals surface area contributed by atoms with Gasteiger partial charge in [0.1, 0.15) is 0 Å². The molecule has 0 aliphatic rings. The molecule has 1 aromatic carbocycles. The number of aryl methyl sites for hydroxylation is 1. The maximum atomic E-state index is 12.6. The molecule has 1 rings (SSSR count). The molecule has 0 bridgehead atoms. The first kappa shape index (κ1) is 12.7. The van der Waals surface area contributed by atoms with Crippen molar-refractivity contribution in [2.75, 3.05) is 7.05 Å². The van der Waals surface area contributed by atoms with Crippen molar-refractivity contribution in [1.29, 1.82) is 0 Å². The van der Waals surface area contributed by atoms with Gasteiger partial charge < -0.3 is 4.90 Å². The molecule has 1 aromatic rings. The Morgan fingerprint density at radius 3 is 2.69 bits per heavy atom. The summed E-state index contributed by atoms with van der Waals surface area (Å²) in [6.45, 7) is 5.17. The highest BCUT2D eigenvalue weighted by Crippen LogP contribution is 2.17. The van der Waals surface area contributed by atoms with Crippen LogP contribution in [0.2, 0.25) is 5.02 Å². The van der Waals surface area contributed by atoms with Crippen molar-refractivity contribution in [3.8, 4) is 0 Å². The molecule has 0 saturated heterocycles. The van der Waals surface area contributed by atoms with Crippen LogP contribution in [0.1, 0.15) is 11.1 Å². The molecular weight excluding hydrogens is 229 g/mol. The Bertz CT molecular complexity index is 431. The van der Waals surface area contributed by atoms with E-state index in [2.05, 4.69) is 6.58 Å². The highest BCUT2D eigenvalue weighted by atomic mass is 35.5. The van der Waals surface area contributed by atoms with E-state index < -0.39 is 11.7 Å². The van der Waals surface area contributed by atoms with Crippen molar-refractivity contribution in [2.24, 2.45) is 0 Å². The second-order valence-electron chi connectivity index (χ2n) is 3.65. The summed E-state index contributed by atoms with van der Waals surface area (Å²) in [4.78, 5) is 12.5. The topological polar surface area (TPSA) is 20.3 Å². The van der Waals surface area contributed by atoms with Crippen LogP contribution in [0.4, 0.5) is 4.39 Å². The number of benzene rings is 1. The Labute approximate surface area is 99.3 Å². The van der Waals surface area contributed by atoms with Crippen LogP contribution in [0.3, 0.4) is 0 Å². The lowest BCUT2D eigenvalue weighted by atomic mass is 10.1. The molecule has 1 amide bonds. The van der Waals surface area contributed by atoms with E-state index in [4.69, 9.17) is 11.6 Å².